The van der Waals surface area contributed by atoms with Crippen LogP contribution in [0.4, 0.5) is 0 Å². The number of aliphatic hydroxyl groups is 1. The molecule has 0 amide bonds. The molecule has 4 nitrogen and oxygen atoms in total. The molecule has 102 valence electrons. The first kappa shape index (κ1) is 12.8. The Labute approximate surface area is 117 Å². The summed E-state index contributed by atoms with van der Waals surface area (Å²) < 4.78 is 1.81. The molecule has 0 fully saturated rings. The van der Waals surface area contributed by atoms with E-state index in [-0.39, 0.29) is 0 Å². The highest BCUT2D eigenvalue weighted by molar-refractivity contribution is 5.83. The van der Waals surface area contributed by atoms with Crippen molar-refractivity contribution in [2.24, 2.45) is 0 Å². The third kappa shape index (κ3) is 2.08. The van der Waals surface area contributed by atoms with Crippen molar-refractivity contribution in [1.29, 1.82) is 0 Å². The van der Waals surface area contributed by atoms with Crippen molar-refractivity contribution in [3.63, 3.8) is 0 Å². The Hall–Kier alpha value is -2.20. The normalized spacial score (nSPS) is 12.8. The van der Waals surface area contributed by atoms with Gasteiger partial charge in [0.25, 0.3) is 0 Å². The van der Waals surface area contributed by atoms with Gasteiger partial charge in [-0.05, 0) is 37.6 Å². The van der Waals surface area contributed by atoms with Gasteiger partial charge in [-0.1, -0.05) is 18.2 Å². The second-order valence-corrected chi connectivity index (χ2v) is 4.84. The quantitative estimate of drug-likeness (QED) is 0.794. The summed E-state index contributed by atoms with van der Waals surface area (Å²) in [4.78, 5) is 4.51. The Morgan fingerprint density at radius 1 is 1.25 bits per heavy atom. The summed E-state index contributed by atoms with van der Waals surface area (Å²) in [5.74, 6) is 0. The summed E-state index contributed by atoms with van der Waals surface area (Å²) in [5.41, 5.74) is 3.50. The highest BCUT2D eigenvalue weighted by Crippen LogP contribution is 2.28. The molecule has 0 aliphatic heterocycles. The number of nitrogens with zero attached hydrogens (tertiary/aromatic N) is 3. The van der Waals surface area contributed by atoms with Gasteiger partial charge in [-0.2, -0.15) is 5.10 Å². The Morgan fingerprint density at radius 2 is 2.05 bits per heavy atom. The molecular weight excluding hydrogens is 250 g/mol. The highest BCUT2D eigenvalue weighted by atomic mass is 16.3. The first-order valence-electron chi connectivity index (χ1n) is 6.76. The molecule has 2 heterocycles. The number of para-hydroxylation sites is 1. The minimum atomic E-state index is -0.691. The first-order valence-corrected chi connectivity index (χ1v) is 6.76. The van der Waals surface area contributed by atoms with Crippen LogP contribution in [0.15, 0.2) is 42.6 Å². The molecular formula is C16H17N3O. The van der Waals surface area contributed by atoms with Gasteiger partial charge in [0, 0.05) is 23.8 Å². The molecule has 1 atom stereocenters. The number of aliphatic hydroxyl groups excluding tert-OH is 1. The zero-order chi connectivity index (χ0) is 14.1. The van der Waals surface area contributed by atoms with Gasteiger partial charge in [0.2, 0.25) is 0 Å². The van der Waals surface area contributed by atoms with Gasteiger partial charge in [-0.25, -0.2) is 0 Å². The molecule has 20 heavy (non-hydrogen) atoms. The van der Waals surface area contributed by atoms with E-state index in [2.05, 4.69) is 10.1 Å². The lowest BCUT2D eigenvalue weighted by molar-refractivity contribution is 0.209. The van der Waals surface area contributed by atoms with Crippen molar-refractivity contribution < 1.29 is 5.11 Å². The average Bonchev–Trinajstić information content (AvgIpc) is 2.94. The molecule has 0 spiro atoms. The molecule has 2 aromatic heterocycles. The number of aryl methyl sites for hydroxylation is 2. The van der Waals surface area contributed by atoms with Crippen LogP contribution in [0.25, 0.3) is 10.9 Å². The Balaban J connectivity index is 2.18. The first-order chi connectivity index (χ1) is 9.70. The summed E-state index contributed by atoms with van der Waals surface area (Å²) in [6.45, 7) is 4.69. The fraction of sp³-hybridized carbons (Fsp3) is 0.250. The van der Waals surface area contributed by atoms with Crippen molar-refractivity contribution in [2.45, 2.75) is 26.5 Å². The van der Waals surface area contributed by atoms with Gasteiger partial charge in [0.1, 0.15) is 6.10 Å². The van der Waals surface area contributed by atoms with Crippen LogP contribution in [-0.2, 0) is 6.54 Å². The van der Waals surface area contributed by atoms with Gasteiger partial charge in [-0.15, -0.1) is 0 Å². The maximum atomic E-state index is 10.7. The predicted molar refractivity (Wildman–Crippen MR) is 78.4 cm³/mol. The Morgan fingerprint density at radius 3 is 2.85 bits per heavy atom. The van der Waals surface area contributed by atoms with Crippen LogP contribution >= 0.6 is 0 Å². The minimum absolute atomic E-state index is 0.691. The van der Waals surface area contributed by atoms with Crippen molar-refractivity contribution in [1.82, 2.24) is 14.8 Å². The fourth-order valence-corrected chi connectivity index (χ4v) is 2.57. The number of hydrogen-bond acceptors (Lipinski definition) is 3. The molecule has 1 aromatic carbocycles. The fourth-order valence-electron chi connectivity index (χ4n) is 2.57. The zero-order valence-electron chi connectivity index (χ0n) is 11.6. The summed E-state index contributed by atoms with van der Waals surface area (Å²) in [5, 5.41) is 15.9. The number of benzene rings is 1. The van der Waals surface area contributed by atoms with Crippen LogP contribution in [-0.4, -0.2) is 19.9 Å². The second kappa shape index (κ2) is 5.06. The van der Waals surface area contributed by atoms with Crippen molar-refractivity contribution in [2.75, 3.05) is 0 Å². The monoisotopic (exact) mass is 267 g/mol. The third-order valence-electron chi connectivity index (χ3n) is 3.50. The number of fused-ring (bicyclic) bond motifs is 1. The van der Waals surface area contributed by atoms with Gasteiger partial charge < -0.3 is 5.11 Å². The maximum absolute atomic E-state index is 10.7. The summed E-state index contributed by atoms with van der Waals surface area (Å²) >= 11 is 0. The standard InChI is InChI=1S/C16H17N3O/c1-3-19-15(8-9-17-19)16(20)13-10-11(2)18-14-7-5-4-6-12(13)14/h4-10,16,20H,3H2,1-2H3. The van der Waals surface area contributed by atoms with Crippen LogP contribution in [0.3, 0.4) is 0 Å². The van der Waals surface area contributed by atoms with E-state index in [9.17, 15) is 5.11 Å². The second-order valence-electron chi connectivity index (χ2n) is 4.84. The summed E-state index contributed by atoms with van der Waals surface area (Å²) in [6.07, 6.45) is 1.03. The SMILES string of the molecule is CCn1nccc1C(O)c1cc(C)nc2ccccc12. The van der Waals surface area contributed by atoms with Crippen LogP contribution in [0.5, 0.6) is 0 Å². The molecule has 1 unspecified atom stereocenters. The van der Waals surface area contributed by atoms with Crippen LogP contribution in [0.2, 0.25) is 0 Å². The van der Waals surface area contributed by atoms with Gasteiger partial charge >= 0.3 is 0 Å². The number of hydrogen-bond donors (Lipinski definition) is 1. The topological polar surface area (TPSA) is 50.9 Å². The molecule has 0 aliphatic rings. The molecule has 3 aromatic rings. The lowest BCUT2D eigenvalue weighted by Crippen LogP contribution is -2.10. The van der Waals surface area contributed by atoms with Crippen molar-refractivity contribution in [3.05, 3.63) is 59.5 Å². The highest BCUT2D eigenvalue weighted by Gasteiger charge is 2.18. The zero-order valence-corrected chi connectivity index (χ0v) is 11.6. The molecule has 0 radical (unpaired) electrons. The number of rotatable bonds is 3. The molecule has 1 N–H and O–H groups in total. The van der Waals surface area contributed by atoms with E-state index in [0.29, 0.717) is 0 Å². The third-order valence-corrected chi connectivity index (χ3v) is 3.50. The van der Waals surface area contributed by atoms with E-state index >= 15 is 0 Å². The number of aromatic nitrogens is 3. The van der Waals surface area contributed by atoms with Crippen molar-refractivity contribution >= 4 is 10.9 Å². The van der Waals surface area contributed by atoms with E-state index in [1.54, 1.807) is 6.20 Å². The van der Waals surface area contributed by atoms with Crippen LogP contribution in [0.1, 0.15) is 30.0 Å². The van der Waals surface area contributed by atoms with Gasteiger partial charge in [0.05, 0.1) is 11.2 Å². The van der Waals surface area contributed by atoms with Crippen molar-refractivity contribution in [3.8, 4) is 0 Å². The smallest absolute Gasteiger partial charge is 0.121 e. The largest absolute Gasteiger partial charge is 0.382 e. The molecule has 4 heteroatoms. The molecule has 0 aliphatic carbocycles. The van der Waals surface area contributed by atoms with E-state index < -0.39 is 6.10 Å². The predicted octanol–water partition coefficient (Wildman–Crippen LogP) is 2.84. The van der Waals surface area contributed by atoms with Gasteiger partial charge in [-0.3, -0.25) is 9.67 Å². The Bertz CT molecular complexity index is 748. The Kier molecular flexibility index (Phi) is 3.24. The maximum Gasteiger partial charge on any atom is 0.121 e. The molecule has 3 rings (SSSR count). The van der Waals surface area contributed by atoms with Crippen LogP contribution < -0.4 is 0 Å². The van der Waals surface area contributed by atoms with Crippen LogP contribution in [0, 0.1) is 6.92 Å². The van der Waals surface area contributed by atoms with Gasteiger partial charge in [0.15, 0.2) is 0 Å². The summed E-state index contributed by atoms with van der Waals surface area (Å²) in [7, 11) is 0. The van der Waals surface area contributed by atoms with E-state index in [1.165, 1.54) is 0 Å². The lowest BCUT2D eigenvalue weighted by Gasteiger charge is -2.15. The minimum Gasteiger partial charge on any atom is -0.382 e. The van der Waals surface area contributed by atoms with E-state index in [1.807, 2.05) is 54.9 Å². The number of pyridine rings is 1. The average molecular weight is 267 g/mol. The molecule has 0 bridgehead atoms. The lowest BCUT2D eigenvalue weighted by atomic mass is 10.0. The summed E-state index contributed by atoms with van der Waals surface area (Å²) in [6, 6.07) is 11.7. The molecule has 0 saturated heterocycles. The van der Waals surface area contributed by atoms with E-state index in [0.717, 1.165) is 34.4 Å². The van der Waals surface area contributed by atoms with E-state index in [4.69, 9.17) is 0 Å². The molecule has 0 saturated carbocycles.